The zero-order chi connectivity index (χ0) is 20.4. The first-order valence-electron chi connectivity index (χ1n) is 8.85. The van der Waals surface area contributed by atoms with Gasteiger partial charge in [-0.15, -0.1) is 5.10 Å². The number of carbonyl (C=O) groups excluding carboxylic acids is 2. The van der Waals surface area contributed by atoms with E-state index in [-0.39, 0.29) is 10.1 Å². The molecule has 1 aliphatic rings. The fourth-order valence-electron chi connectivity index (χ4n) is 2.21. The Kier molecular flexibility index (Phi) is 9.03. The van der Waals surface area contributed by atoms with Crippen LogP contribution in [0.3, 0.4) is 0 Å². The first-order chi connectivity index (χ1) is 13.5. The molecule has 150 valence electrons. The first kappa shape index (κ1) is 22.0. The SMILES string of the molecule is CCCCCCOc1ccc(C=N/N=C2/NC(=O)/C(=C\C(=O)OC)S2)cc1Cl. The highest BCUT2D eigenvalue weighted by atomic mass is 35.5. The Bertz CT molecular complexity index is 808. The predicted molar refractivity (Wildman–Crippen MR) is 112 cm³/mol. The van der Waals surface area contributed by atoms with Gasteiger partial charge in [0, 0.05) is 6.08 Å². The van der Waals surface area contributed by atoms with Crippen LogP contribution in [0.5, 0.6) is 5.75 Å². The summed E-state index contributed by atoms with van der Waals surface area (Å²) in [5.41, 5.74) is 0.743. The van der Waals surface area contributed by atoms with Crippen LogP contribution < -0.4 is 10.1 Å². The summed E-state index contributed by atoms with van der Waals surface area (Å²) in [7, 11) is 1.24. The van der Waals surface area contributed by atoms with E-state index in [1.807, 2.05) is 6.07 Å². The molecule has 0 saturated carbocycles. The molecule has 0 bridgehead atoms. The third kappa shape index (κ3) is 7.01. The molecule has 1 aromatic rings. The maximum absolute atomic E-state index is 11.7. The summed E-state index contributed by atoms with van der Waals surface area (Å²) in [6, 6.07) is 5.34. The van der Waals surface area contributed by atoms with Crippen molar-refractivity contribution >= 4 is 46.6 Å². The van der Waals surface area contributed by atoms with Crippen molar-refractivity contribution in [2.24, 2.45) is 10.2 Å². The molecule has 1 fully saturated rings. The van der Waals surface area contributed by atoms with Crippen molar-refractivity contribution in [1.29, 1.82) is 0 Å². The Labute approximate surface area is 173 Å². The van der Waals surface area contributed by atoms with Gasteiger partial charge in [0.15, 0.2) is 5.17 Å². The molecule has 1 aromatic carbocycles. The Morgan fingerprint density at radius 1 is 1.32 bits per heavy atom. The largest absolute Gasteiger partial charge is 0.492 e. The van der Waals surface area contributed by atoms with Crippen LogP contribution in [0.15, 0.2) is 39.4 Å². The van der Waals surface area contributed by atoms with E-state index in [0.29, 0.717) is 17.4 Å². The Morgan fingerprint density at radius 2 is 2.14 bits per heavy atom. The number of unbranched alkanes of at least 4 members (excludes halogenated alkanes) is 3. The summed E-state index contributed by atoms with van der Waals surface area (Å²) in [6.07, 6.45) is 7.15. The number of amides is 1. The van der Waals surface area contributed by atoms with E-state index in [9.17, 15) is 9.59 Å². The number of nitrogens with one attached hydrogen (secondary N) is 1. The smallest absolute Gasteiger partial charge is 0.331 e. The van der Waals surface area contributed by atoms with E-state index in [0.717, 1.165) is 36.2 Å². The van der Waals surface area contributed by atoms with E-state index < -0.39 is 11.9 Å². The highest BCUT2D eigenvalue weighted by Crippen LogP contribution is 2.26. The summed E-state index contributed by atoms with van der Waals surface area (Å²) in [4.78, 5) is 23.1. The van der Waals surface area contributed by atoms with Crippen LogP contribution in [0.2, 0.25) is 5.02 Å². The number of rotatable bonds is 9. The number of amidine groups is 1. The Morgan fingerprint density at radius 3 is 2.86 bits per heavy atom. The van der Waals surface area contributed by atoms with Crippen LogP contribution >= 0.6 is 23.4 Å². The molecule has 0 unspecified atom stereocenters. The van der Waals surface area contributed by atoms with Gasteiger partial charge in [-0.1, -0.05) is 37.8 Å². The fourth-order valence-corrected chi connectivity index (χ4v) is 3.20. The number of ether oxygens (including phenoxy) is 2. The van der Waals surface area contributed by atoms with Crippen LogP contribution in [0.25, 0.3) is 0 Å². The molecule has 1 saturated heterocycles. The number of esters is 1. The van der Waals surface area contributed by atoms with Gasteiger partial charge in [0.1, 0.15) is 5.75 Å². The van der Waals surface area contributed by atoms with Crippen LogP contribution in [-0.2, 0) is 14.3 Å². The van der Waals surface area contributed by atoms with Crippen LogP contribution in [0.1, 0.15) is 38.2 Å². The van der Waals surface area contributed by atoms with Gasteiger partial charge in [-0.25, -0.2) is 4.79 Å². The minimum atomic E-state index is -0.607. The standard InChI is InChI=1S/C19H22ClN3O4S/c1-3-4-5-6-9-27-15-8-7-13(10-14(15)20)12-21-23-19-22-18(25)16(28-19)11-17(24)26-2/h7-8,10-12H,3-6,9H2,1-2H3,(H,22,23,25)/b16-11+,21-12?. The van der Waals surface area contributed by atoms with Gasteiger partial charge in [0.25, 0.3) is 5.91 Å². The number of methoxy groups -OCH3 is 1. The summed E-state index contributed by atoms with van der Waals surface area (Å²) >= 11 is 7.25. The van der Waals surface area contributed by atoms with E-state index >= 15 is 0 Å². The monoisotopic (exact) mass is 423 g/mol. The third-order valence-corrected chi connectivity index (χ3v) is 4.86. The van der Waals surface area contributed by atoms with Crippen molar-refractivity contribution in [3.8, 4) is 5.75 Å². The molecule has 28 heavy (non-hydrogen) atoms. The molecule has 1 amide bonds. The lowest BCUT2D eigenvalue weighted by molar-refractivity contribution is -0.135. The number of benzene rings is 1. The first-order valence-corrected chi connectivity index (χ1v) is 10.0. The molecule has 0 atom stereocenters. The minimum absolute atomic E-state index is 0.198. The summed E-state index contributed by atoms with van der Waals surface area (Å²) in [6.45, 7) is 2.80. The van der Waals surface area contributed by atoms with Crippen molar-refractivity contribution in [2.75, 3.05) is 13.7 Å². The highest BCUT2D eigenvalue weighted by molar-refractivity contribution is 8.18. The fraction of sp³-hybridized carbons (Fsp3) is 0.368. The molecule has 0 aromatic heterocycles. The van der Waals surface area contributed by atoms with Crippen LogP contribution in [-0.4, -0.2) is 37.0 Å². The Hall–Kier alpha value is -2.32. The van der Waals surface area contributed by atoms with E-state index in [4.69, 9.17) is 16.3 Å². The molecule has 7 nitrogen and oxygen atoms in total. The molecule has 0 aliphatic carbocycles. The third-order valence-electron chi connectivity index (χ3n) is 3.67. The minimum Gasteiger partial charge on any atom is -0.492 e. The predicted octanol–water partition coefficient (Wildman–Crippen LogP) is 3.91. The van der Waals surface area contributed by atoms with Crippen molar-refractivity contribution in [1.82, 2.24) is 5.32 Å². The highest BCUT2D eigenvalue weighted by Gasteiger charge is 2.24. The Balaban J connectivity index is 1.91. The van der Waals surface area contributed by atoms with Gasteiger partial charge < -0.3 is 9.47 Å². The molecule has 9 heteroatoms. The second kappa shape index (κ2) is 11.5. The second-order valence-electron chi connectivity index (χ2n) is 5.84. The topological polar surface area (TPSA) is 89.4 Å². The average Bonchev–Trinajstić information content (AvgIpc) is 3.02. The number of nitrogens with zero attached hydrogens (tertiary/aromatic N) is 2. The second-order valence-corrected chi connectivity index (χ2v) is 7.27. The normalized spacial score (nSPS) is 16.8. The lowest BCUT2D eigenvalue weighted by Gasteiger charge is -2.08. The van der Waals surface area contributed by atoms with Gasteiger partial charge in [0.05, 0.1) is 29.9 Å². The zero-order valence-electron chi connectivity index (χ0n) is 15.7. The van der Waals surface area contributed by atoms with Crippen molar-refractivity contribution in [2.45, 2.75) is 32.6 Å². The lowest BCUT2D eigenvalue weighted by Crippen LogP contribution is -2.19. The molecule has 1 heterocycles. The van der Waals surface area contributed by atoms with Gasteiger partial charge in [-0.3, -0.25) is 10.1 Å². The number of hydrogen-bond donors (Lipinski definition) is 1. The molecule has 0 radical (unpaired) electrons. The van der Waals surface area contributed by atoms with Crippen molar-refractivity contribution in [3.63, 3.8) is 0 Å². The zero-order valence-corrected chi connectivity index (χ0v) is 17.3. The quantitative estimate of drug-likeness (QED) is 0.214. The number of hydrogen-bond acceptors (Lipinski definition) is 7. The molecular weight excluding hydrogens is 402 g/mol. The molecule has 1 aliphatic heterocycles. The van der Waals surface area contributed by atoms with E-state index in [1.54, 1.807) is 12.1 Å². The molecule has 2 rings (SSSR count). The van der Waals surface area contributed by atoms with Gasteiger partial charge in [0.2, 0.25) is 0 Å². The molecule has 1 N–H and O–H groups in total. The van der Waals surface area contributed by atoms with Crippen LogP contribution in [0.4, 0.5) is 0 Å². The van der Waals surface area contributed by atoms with Gasteiger partial charge in [-0.2, -0.15) is 5.10 Å². The van der Waals surface area contributed by atoms with Crippen molar-refractivity contribution in [3.05, 3.63) is 39.8 Å². The lowest BCUT2D eigenvalue weighted by atomic mass is 10.2. The van der Waals surface area contributed by atoms with Crippen LogP contribution in [0, 0.1) is 0 Å². The molecular formula is C19H22ClN3O4S. The van der Waals surface area contributed by atoms with Crippen molar-refractivity contribution < 1.29 is 19.1 Å². The average molecular weight is 424 g/mol. The number of thioether (sulfide) groups is 1. The summed E-state index contributed by atoms with van der Waals surface area (Å²) in [5.74, 6) is -0.393. The number of halogens is 1. The summed E-state index contributed by atoms with van der Waals surface area (Å²) < 4.78 is 10.2. The summed E-state index contributed by atoms with van der Waals surface area (Å²) in [5, 5.41) is 11.2. The maximum Gasteiger partial charge on any atom is 0.331 e. The maximum atomic E-state index is 11.7. The number of carbonyl (C=O) groups is 2. The van der Waals surface area contributed by atoms with E-state index in [2.05, 4.69) is 27.2 Å². The molecule has 0 spiro atoms. The van der Waals surface area contributed by atoms with Gasteiger partial charge in [-0.05, 0) is 41.9 Å². The van der Waals surface area contributed by atoms with E-state index in [1.165, 1.54) is 26.2 Å². The van der Waals surface area contributed by atoms with Gasteiger partial charge >= 0.3 is 5.97 Å².